The highest BCUT2D eigenvalue weighted by molar-refractivity contribution is 5.94. The van der Waals surface area contributed by atoms with Crippen molar-refractivity contribution in [3.63, 3.8) is 0 Å². The molecule has 0 bridgehead atoms. The lowest BCUT2D eigenvalue weighted by Crippen LogP contribution is -2.38. The van der Waals surface area contributed by atoms with Crippen molar-refractivity contribution in [1.82, 2.24) is 10.4 Å². The summed E-state index contributed by atoms with van der Waals surface area (Å²) < 4.78 is 4.40. The first kappa shape index (κ1) is 19.9. The van der Waals surface area contributed by atoms with E-state index in [0.717, 1.165) is 30.1 Å². The molecule has 2 rings (SSSR count). The summed E-state index contributed by atoms with van der Waals surface area (Å²) >= 11 is 0. The van der Waals surface area contributed by atoms with Crippen LogP contribution < -0.4 is 5.32 Å². The predicted octanol–water partition coefficient (Wildman–Crippen LogP) is 0.0372. The fourth-order valence-electron chi connectivity index (χ4n) is 3.05. The van der Waals surface area contributed by atoms with Crippen molar-refractivity contribution >= 4 is 23.8 Å². The number of hydroxylamine groups is 2. The number of amides is 2. The lowest BCUT2D eigenvalue weighted by Gasteiger charge is -2.28. The predicted molar refractivity (Wildman–Crippen MR) is 87.8 cm³/mol. The maximum Gasteiger partial charge on any atom is 0.335 e. The first-order valence-corrected chi connectivity index (χ1v) is 8.66. The monoisotopic (exact) mass is 368 g/mol. The van der Waals surface area contributed by atoms with Crippen molar-refractivity contribution in [3.8, 4) is 0 Å². The Balaban J connectivity index is 1.69. The van der Waals surface area contributed by atoms with Gasteiger partial charge in [-0.15, -0.1) is 5.06 Å². The second-order valence-corrected chi connectivity index (χ2v) is 6.47. The van der Waals surface area contributed by atoms with Gasteiger partial charge in [-0.1, -0.05) is 0 Å². The molecule has 0 spiro atoms. The summed E-state index contributed by atoms with van der Waals surface area (Å²) in [5.74, 6) is -1.94. The molecule has 2 N–H and O–H groups in total. The van der Waals surface area contributed by atoms with E-state index in [4.69, 9.17) is 4.84 Å². The van der Waals surface area contributed by atoms with Crippen molar-refractivity contribution in [1.29, 1.82) is 0 Å². The lowest BCUT2D eigenvalue weighted by molar-refractivity contribution is -0.224. The van der Waals surface area contributed by atoms with Crippen LogP contribution in [0.2, 0.25) is 0 Å². The molecule has 144 valence electrons. The zero-order chi connectivity index (χ0) is 19.1. The molecule has 1 atom stereocenters. The number of aliphatic hydroxyl groups excluding tert-OH is 1. The molecular formula is C17H24N2O7. The number of hydrogen-bond acceptors (Lipinski definition) is 7. The van der Waals surface area contributed by atoms with Gasteiger partial charge in [0.15, 0.2) is 6.23 Å². The van der Waals surface area contributed by atoms with Gasteiger partial charge in [0.25, 0.3) is 5.91 Å². The quantitative estimate of drug-likeness (QED) is 0.501. The minimum Gasteiger partial charge on any atom is -0.466 e. The van der Waals surface area contributed by atoms with Crippen LogP contribution >= 0.6 is 0 Å². The number of rotatable bonds is 6. The molecule has 0 radical (unpaired) electrons. The summed E-state index contributed by atoms with van der Waals surface area (Å²) in [4.78, 5) is 51.2. The number of nitrogens with one attached hydrogen (secondary N) is 1. The van der Waals surface area contributed by atoms with Crippen molar-refractivity contribution in [2.75, 3.05) is 13.7 Å². The van der Waals surface area contributed by atoms with E-state index in [9.17, 15) is 24.3 Å². The summed E-state index contributed by atoms with van der Waals surface area (Å²) in [7, 11) is 1.23. The third kappa shape index (κ3) is 5.55. The number of aliphatic hydroxyl groups is 1. The normalized spacial score (nSPS) is 26.0. The van der Waals surface area contributed by atoms with E-state index in [1.807, 2.05) is 0 Å². The molecule has 2 fully saturated rings. The third-order valence-corrected chi connectivity index (χ3v) is 4.64. The van der Waals surface area contributed by atoms with Crippen LogP contribution in [0.5, 0.6) is 0 Å². The molecule has 1 saturated heterocycles. The zero-order valence-corrected chi connectivity index (χ0v) is 14.7. The molecule has 2 aliphatic rings. The van der Waals surface area contributed by atoms with Crippen LogP contribution in [0.15, 0.2) is 12.2 Å². The minimum absolute atomic E-state index is 0.172. The zero-order valence-electron chi connectivity index (χ0n) is 14.7. The van der Waals surface area contributed by atoms with E-state index in [1.165, 1.54) is 7.11 Å². The topological polar surface area (TPSA) is 122 Å². The van der Waals surface area contributed by atoms with Gasteiger partial charge in [-0.2, -0.15) is 0 Å². The third-order valence-electron chi connectivity index (χ3n) is 4.64. The number of carbonyl (C=O) groups excluding carboxylic acids is 4. The highest BCUT2D eigenvalue weighted by Gasteiger charge is 2.36. The van der Waals surface area contributed by atoms with Gasteiger partial charge in [0.05, 0.1) is 13.0 Å². The van der Waals surface area contributed by atoms with Crippen molar-refractivity contribution in [3.05, 3.63) is 12.2 Å². The Bertz CT molecular complexity index is 582. The van der Waals surface area contributed by atoms with E-state index >= 15 is 0 Å². The SMILES string of the molecule is COC(=O)/C=C\C(=O)NC[C@H]1CC[C@H](C(=O)ON2C(=O)CCC2O)CC1. The maximum absolute atomic E-state index is 12.1. The Hall–Kier alpha value is -2.42. The molecule has 1 saturated carbocycles. The lowest BCUT2D eigenvalue weighted by atomic mass is 9.82. The molecule has 26 heavy (non-hydrogen) atoms. The van der Waals surface area contributed by atoms with Gasteiger partial charge in [-0.05, 0) is 31.6 Å². The number of ether oxygens (including phenoxy) is 1. The molecule has 0 aromatic carbocycles. The van der Waals surface area contributed by atoms with Gasteiger partial charge < -0.3 is 20.0 Å². The summed E-state index contributed by atoms with van der Waals surface area (Å²) in [6.07, 6.45) is 4.20. The second-order valence-electron chi connectivity index (χ2n) is 6.47. The number of hydrogen-bond donors (Lipinski definition) is 2. The van der Waals surface area contributed by atoms with E-state index in [2.05, 4.69) is 10.1 Å². The largest absolute Gasteiger partial charge is 0.466 e. The van der Waals surface area contributed by atoms with Crippen LogP contribution in [0.4, 0.5) is 0 Å². The summed E-state index contributed by atoms with van der Waals surface area (Å²) in [6, 6.07) is 0. The van der Waals surface area contributed by atoms with Crippen molar-refractivity contribution in [2.24, 2.45) is 11.8 Å². The van der Waals surface area contributed by atoms with Crippen LogP contribution in [0, 0.1) is 11.8 Å². The highest BCUT2D eigenvalue weighted by Crippen LogP contribution is 2.30. The van der Waals surface area contributed by atoms with Gasteiger partial charge in [0.1, 0.15) is 0 Å². The fraction of sp³-hybridized carbons (Fsp3) is 0.647. The second kappa shape index (κ2) is 9.33. The number of methoxy groups -OCH3 is 1. The van der Waals surface area contributed by atoms with Crippen LogP contribution in [0.1, 0.15) is 38.5 Å². The maximum atomic E-state index is 12.1. The van der Waals surface area contributed by atoms with Crippen molar-refractivity contribution < 1.29 is 33.9 Å². The van der Waals surface area contributed by atoms with Crippen LogP contribution in [0.25, 0.3) is 0 Å². The van der Waals surface area contributed by atoms with E-state index in [1.54, 1.807) is 0 Å². The standard InChI is InChI=1S/C17H24N2O7/c1-25-16(23)9-6-13(20)18-10-11-2-4-12(5-3-11)17(24)26-19-14(21)7-8-15(19)22/h6,9,11-12,14,21H,2-5,7-8,10H2,1H3,(H,18,20)/b9-6-/t11-,12-,14?. The number of carbonyl (C=O) groups is 4. The Labute approximate surface area is 151 Å². The van der Waals surface area contributed by atoms with Crippen LogP contribution in [0.3, 0.4) is 0 Å². The number of nitrogens with zero attached hydrogens (tertiary/aromatic N) is 1. The van der Waals surface area contributed by atoms with E-state index in [-0.39, 0.29) is 36.5 Å². The molecule has 1 aliphatic heterocycles. The van der Waals surface area contributed by atoms with Crippen molar-refractivity contribution in [2.45, 2.75) is 44.8 Å². The Morgan fingerprint density at radius 3 is 2.46 bits per heavy atom. The molecule has 1 aliphatic carbocycles. The minimum atomic E-state index is -1.06. The average Bonchev–Trinajstić information content (AvgIpc) is 2.96. The molecule has 0 aromatic rings. The van der Waals surface area contributed by atoms with E-state index < -0.39 is 18.2 Å². The van der Waals surface area contributed by atoms with Gasteiger partial charge in [-0.3, -0.25) is 9.59 Å². The van der Waals surface area contributed by atoms with Gasteiger partial charge in [0.2, 0.25) is 5.91 Å². The van der Waals surface area contributed by atoms with Gasteiger partial charge >= 0.3 is 11.9 Å². The summed E-state index contributed by atoms with van der Waals surface area (Å²) in [5, 5.41) is 13.1. The Morgan fingerprint density at radius 2 is 1.88 bits per heavy atom. The molecule has 1 heterocycles. The molecule has 9 heteroatoms. The molecule has 0 aromatic heterocycles. The van der Waals surface area contributed by atoms with E-state index in [0.29, 0.717) is 19.4 Å². The molecule has 1 unspecified atom stereocenters. The van der Waals surface area contributed by atoms with Gasteiger partial charge in [-0.25, -0.2) is 9.59 Å². The van der Waals surface area contributed by atoms with Crippen LogP contribution in [-0.4, -0.2) is 53.8 Å². The highest BCUT2D eigenvalue weighted by atomic mass is 16.7. The summed E-state index contributed by atoms with van der Waals surface area (Å²) in [6.45, 7) is 0.454. The fourth-order valence-corrected chi connectivity index (χ4v) is 3.05. The molecule has 2 amide bonds. The molecular weight excluding hydrogens is 344 g/mol. The smallest absolute Gasteiger partial charge is 0.335 e. The average molecular weight is 368 g/mol. The Morgan fingerprint density at radius 1 is 1.19 bits per heavy atom. The first-order valence-electron chi connectivity index (χ1n) is 8.66. The molecule has 9 nitrogen and oxygen atoms in total. The first-order chi connectivity index (χ1) is 12.4. The van der Waals surface area contributed by atoms with Gasteiger partial charge in [0, 0.05) is 31.5 Å². The number of esters is 1. The summed E-state index contributed by atoms with van der Waals surface area (Å²) in [5.41, 5.74) is 0. The Kier molecular flexibility index (Phi) is 7.14. The van der Waals surface area contributed by atoms with Crippen LogP contribution in [-0.2, 0) is 28.8 Å².